The summed E-state index contributed by atoms with van der Waals surface area (Å²) >= 11 is 0. The number of carbonyl (C=O) groups is 3. The van der Waals surface area contributed by atoms with Crippen LogP contribution in [0.3, 0.4) is 0 Å². The summed E-state index contributed by atoms with van der Waals surface area (Å²) in [5.74, 6) is -0.348. The van der Waals surface area contributed by atoms with Crippen LogP contribution in [0, 0.1) is 0 Å². The number of aliphatic hydroxyl groups is 1. The highest BCUT2D eigenvalue weighted by Crippen LogP contribution is 2.41. The van der Waals surface area contributed by atoms with E-state index in [0.29, 0.717) is 48.1 Å². The van der Waals surface area contributed by atoms with Crippen molar-refractivity contribution in [3.05, 3.63) is 47.5 Å². The minimum atomic E-state index is -0.924. The van der Waals surface area contributed by atoms with Crippen molar-refractivity contribution in [2.75, 3.05) is 58.0 Å². The van der Waals surface area contributed by atoms with E-state index in [1.807, 2.05) is 59.3 Å². The summed E-state index contributed by atoms with van der Waals surface area (Å²) < 4.78 is 6.03. The lowest BCUT2D eigenvalue weighted by molar-refractivity contribution is -0.862. The Morgan fingerprint density at radius 2 is 1.78 bits per heavy atom. The van der Waals surface area contributed by atoms with Gasteiger partial charge in [-0.3, -0.25) is 14.4 Å². The molecule has 226 valence electrons. The molecule has 1 aliphatic heterocycles. The van der Waals surface area contributed by atoms with Crippen molar-refractivity contribution < 1.29 is 46.2 Å². The van der Waals surface area contributed by atoms with Gasteiger partial charge in [-0.2, -0.15) is 0 Å². The summed E-state index contributed by atoms with van der Waals surface area (Å²) in [6.07, 6.45) is 0.618. The van der Waals surface area contributed by atoms with Crippen molar-refractivity contribution in [3.63, 3.8) is 0 Å². The highest BCUT2D eigenvalue weighted by Gasteiger charge is 2.27. The molecule has 11 nitrogen and oxygen atoms in total. The zero-order valence-corrected chi connectivity index (χ0v) is 25.1. The van der Waals surface area contributed by atoms with E-state index in [2.05, 4.69) is 21.3 Å². The number of phenols is 1. The molecular formula is C29H42ClN5O6. The predicted molar refractivity (Wildman–Crippen MR) is 153 cm³/mol. The van der Waals surface area contributed by atoms with E-state index in [4.69, 9.17) is 4.74 Å². The Morgan fingerprint density at radius 1 is 1.10 bits per heavy atom. The van der Waals surface area contributed by atoms with Crippen LogP contribution in [0.4, 0.5) is 11.4 Å². The molecule has 6 N–H and O–H groups in total. The summed E-state index contributed by atoms with van der Waals surface area (Å²) in [5, 5.41) is 32.6. The minimum absolute atomic E-state index is 0. The van der Waals surface area contributed by atoms with Crippen LogP contribution in [0.25, 0.3) is 0 Å². The smallest absolute Gasteiger partial charge is 0.275 e. The molecule has 41 heavy (non-hydrogen) atoms. The Hall–Kier alpha value is -3.38. The largest absolute Gasteiger partial charge is 1.00 e. The number of fused-ring (bicyclic) bond motifs is 1. The molecule has 1 atom stereocenters. The van der Waals surface area contributed by atoms with Crippen LogP contribution in [-0.2, 0) is 20.8 Å². The first-order valence-electron chi connectivity index (χ1n) is 13.4. The van der Waals surface area contributed by atoms with Crippen LogP contribution in [0.1, 0.15) is 43.9 Å². The number of ether oxygens (including phenoxy) is 1. The van der Waals surface area contributed by atoms with Crippen molar-refractivity contribution >= 4 is 29.1 Å². The molecule has 12 heteroatoms. The number of rotatable bonds is 13. The minimum Gasteiger partial charge on any atom is -1.00 e. The number of anilines is 2. The number of hydrogen-bond donors (Lipinski definition) is 6. The fraction of sp³-hybridized carbons (Fsp3) is 0.483. The number of β-amino-alcohol motifs (C(OH)–C–C–N with tert-alkyl or cyclic N) is 1. The van der Waals surface area contributed by atoms with E-state index < -0.39 is 6.10 Å². The van der Waals surface area contributed by atoms with Gasteiger partial charge in [-0.15, -0.1) is 0 Å². The Bertz CT molecular complexity index is 1210. The highest BCUT2D eigenvalue weighted by atomic mass is 35.5. The van der Waals surface area contributed by atoms with Crippen LogP contribution in [0.15, 0.2) is 36.4 Å². The second kappa shape index (κ2) is 14.5. The molecule has 0 radical (unpaired) electrons. The van der Waals surface area contributed by atoms with Gasteiger partial charge in [0.1, 0.15) is 11.4 Å². The number of hydrogen-bond acceptors (Lipinski definition) is 7. The Morgan fingerprint density at radius 3 is 2.44 bits per heavy atom. The molecule has 0 saturated heterocycles. The third kappa shape index (κ3) is 10.8. The number of aliphatic hydroxyl groups excluding tert-OH is 1. The number of quaternary nitrogens is 1. The highest BCUT2D eigenvalue weighted by molar-refractivity contribution is 5.97. The summed E-state index contributed by atoms with van der Waals surface area (Å²) in [7, 11) is 5.85. The monoisotopic (exact) mass is 591 g/mol. The van der Waals surface area contributed by atoms with E-state index in [-0.39, 0.29) is 66.0 Å². The lowest BCUT2D eigenvalue weighted by atomic mass is 9.94. The zero-order chi connectivity index (χ0) is 29.5. The summed E-state index contributed by atoms with van der Waals surface area (Å²) in [6.45, 7) is 4.95. The second-order valence-electron chi connectivity index (χ2n) is 11.8. The summed E-state index contributed by atoms with van der Waals surface area (Å²) in [5.41, 5.74) is 2.03. The van der Waals surface area contributed by atoms with Gasteiger partial charge >= 0.3 is 0 Å². The molecule has 3 amide bonds. The molecule has 1 unspecified atom stereocenters. The lowest BCUT2D eigenvalue weighted by Gasteiger charge is -2.29. The van der Waals surface area contributed by atoms with Crippen molar-refractivity contribution in [1.29, 1.82) is 0 Å². The molecule has 0 bridgehead atoms. The fourth-order valence-electron chi connectivity index (χ4n) is 4.39. The number of amides is 3. The average Bonchev–Trinajstić information content (AvgIpc) is 2.86. The molecule has 2 aromatic carbocycles. The molecule has 0 saturated carbocycles. The van der Waals surface area contributed by atoms with E-state index in [1.165, 1.54) is 6.07 Å². The normalized spacial score (nSPS) is 13.7. The maximum atomic E-state index is 12.3. The van der Waals surface area contributed by atoms with Gasteiger partial charge in [0.15, 0.2) is 18.9 Å². The lowest BCUT2D eigenvalue weighted by Crippen LogP contribution is -3.00. The van der Waals surface area contributed by atoms with Gasteiger partial charge in [0.2, 0.25) is 5.91 Å². The third-order valence-corrected chi connectivity index (χ3v) is 6.32. The Kier molecular flexibility index (Phi) is 12.0. The van der Waals surface area contributed by atoms with Gasteiger partial charge in [-0.25, -0.2) is 0 Å². The number of benzene rings is 2. The zero-order valence-electron chi connectivity index (χ0n) is 24.3. The van der Waals surface area contributed by atoms with Crippen LogP contribution < -0.4 is 38.4 Å². The summed E-state index contributed by atoms with van der Waals surface area (Å²) in [6, 6.07) is 10.6. The predicted octanol–water partition coefficient (Wildman–Crippen LogP) is -1.09. The number of halogens is 1. The van der Waals surface area contributed by atoms with Crippen LogP contribution in [0.5, 0.6) is 11.5 Å². The first-order valence-corrected chi connectivity index (χ1v) is 13.4. The Labute approximate surface area is 247 Å². The van der Waals surface area contributed by atoms with E-state index in [9.17, 15) is 24.6 Å². The van der Waals surface area contributed by atoms with Crippen molar-refractivity contribution in [3.8, 4) is 11.5 Å². The van der Waals surface area contributed by atoms with Crippen LogP contribution >= 0.6 is 0 Å². The molecule has 0 aliphatic carbocycles. The number of likely N-dealkylation sites (N-methyl/N-ethyl adjacent to an activating group) is 1. The summed E-state index contributed by atoms with van der Waals surface area (Å²) in [4.78, 5) is 35.8. The van der Waals surface area contributed by atoms with Gasteiger partial charge in [0, 0.05) is 36.3 Å². The molecular weight excluding hydrogens is 550 g/mol. The first-order chi connectivity index (χ1) is 18.7. The number of carbonyl (C=O) groups excluding carboxylic acids is 3. The molecule has 2 aromatic rings. The number of aromatic hydroxyl groups is 1. The quantitative estimate of drug-likeness (QED) is 0.0985. The van der Waals surface area contributed by atoms with E-state index >= 15 is 0 Å². The van der Waals surface area contributed by atoms with Gasteiger partial charge < -0.3 is 53.1 Å². The Balaban J connectivity index is 0.00000588. The van der Waals surface area contributed by atoms with Gasteiger partial charge in [-0.05, 0) is 56.5 Å². The van der Waals surface area contributed by atoms with Gasteiger partial charge in [0.25, 0.3) is 11.8 Å². The number of nitrogens with zero attached hydrogens (tertiary/aromatic N) is 1. The van der Waals surface area contributed by atoms with Crippen molar-refractivity contribution in [2.24, 2.45) is 0 Å². The molecule has 0 spiro atoms. The van der Waals surface area contributed by atoms with Crippen LogP contribution in [0.2, 0.25) is 0 Å². The number of nitrogens with one attached hydrogen (secondary N) is 4. The average molecular weight is 592 g/mol. The first kappa shape index (κ1) is 33.8. The number of phenolic OH excluding ortho intramolecular Hbond substituents is 1. The third-order valence-electron chi connectivity index (χ3n) is 6.32. The molecule has 1 heterocycles. The standard InChI is InChI=1S/C29H41N5O6.ClH/c1-29(2,31-16-23(36)21-12-13-22(35)27-28(21)40-18-26(39)33-27)15-19-8-10-20(11-9-19)32-24(37)7-6-14-30-25(38)17-34(3,4)5;/h8-13,23,31,36H,6-7,14-18H2,1-5H3,(H3-,30,32,33,35,37,38,39);1H. The molecule has 0 fully saturated rings. The second-order valence-corrected chi connectivity index (χ2v) is 11.8. The van der Waals surface area contributed by atoms with Crippen LogP contribution in [-0.4, -0.2) is 85.3 Å². The molecule has 3 rings (SSSR count). The fourth-order valence-corrected chi connectivity index (χ4v) is 4.39. The SMILES string of the molecule is CC(C)(Cc1ccc(NC(=O)CCCNC(=O)C[N+](C)(C)C)cc1)NCC(O)c1ccc(O)c2c1OCC(=O)N2.[Cl-]. The molecule has 0 aromatic heterocycles. The van der Waals surface area contributed by atoms with E-state index in [0.717, 1.165) is 5.56 Å². The van der Waals surface area contributed by atoms with E-state index in [1.54, 1.807) is 6.07 Å². The molecule has 1 aliphatic rings. The van der Waals surface area contributed by atoms with Gasteiger partial charge in [-0.1, -0.05) is 12.1 Å². The van der Waals surface area contributed by atoms with Crippen molar-refractivity contribution in [2.45, 2.75) is 44.8 Å². The topological polar surface area (TPSA) is 149 Å². The van der Waals surface area contributed by atoms with Crippen molar-refractivity contribution in [1.82, 2.24) is 10.6 Å². The van der Waals surface area contributed by atoms with Gasteiger partial charge in [0.05, 0.1) is 27.2 Å². The maximum absolute atomic E-state index is 12.3. The maximum Gasteiger partial charge on any atom is 0.275 e.